The molecule has 0 amide bonds. The van der Waals surface area contributed by atoms with Gasteiger partial charge in [-0.05, 0) is 49.0 Å². The van der Waals surface area contributed by atoms with Gasteiger partial charge in [0.1, 0.15) is 18.3 Å². The van der Waals surface area contributed by atoms with Crippen molar-refractivity contribution < 1.29 is 9.64 Å². The van der Waals surface area contributed by atoms with E-state index < -0.39 is 0 Å². The molecular weight excluding hydrogens is 318 g/mol. The average Bonchev–Trinajstić information content (AvgIpc) is 2.57. The Hall–Kier alpha value is -2.11. The molecule has 128 valence electrons. The van der Waals surface area contributed by atoms with Crippen molar-refractivity contribution in [1.29, 1.82) is 0 Å². The van der Waals surface area contributed by atoms with E-state index in [0.717, 1.165) is 18.0 Å². The predicted octanol–water partition coefficient (Wildman–Crippen LogP) is 2.26. The van der Waals surface area contributed by atoms with Crippen LogP contribution in [0.3, 0.4) is 0 Å². The molecule has 0 aliphatic carbocycles. The van der Waals surface area contributed by atoms with Crippen LogP contribution in [0, 0.1) is 0 Å². The van der Waals surface area contributed by atoms with Crippen LogP contribution in [-0.4, -0.2) is 32.4 Å². The van der Waals surface area contributed by atoms with Gasteiger partial charge in [-0.3, -0.25) is 0 Å². The SMILES string of the molecule is CCOc1ccc(NC(=S)N[C@H](C[NH+](C)C)c2ccccc2)cc1. The number of nitrogens with one attached hydrogen (secondary N) is 3. The van der Waals surface area contributed by atoms with E-state index in [4.69, 9.17) is 17.0 Å². The fraction of sp³-hybridized carbons (Fsp3) is 0.316. The summed E-state index contributed by atoms with van der Waals surface area (Å²) in [6.45, 7) is 3.58. The number of anilines is 1. The van der Waals surface area contributed by atoms with Crippen LogP contribution >= 0.6 is 12.2 Å². The van der Waals surface area contributed by atoms with Gasteiger partial charge in [0.2, 0.25) is 0 Å². The van der Waals surface area contributed by atoms with Crippen molar-refractivity contribution in [2.45, 2.75) is 13.0 Å². The van der Waals surface area contributed by atoms with Gasteiger partial charge in [-0.2, -0.15) is 0 Å². The quantitative estimate of drug-likeness (QED) is 0.674. The van der Waals surface area contributed by atoms with Crippen molar-refractivity contribution in [2.24, 2.45) is 0 Å². The maximum atomic E-state index is 5.49. The molecule has 0 aliphatic rings. The molecule has 4 nitrogen and oxygen atoms in total. The van der Waals surface area contributed by atoms with Gasteiger partial charge in [0, 0.05) is 5.69 Å². The second-order valence-electron chi connectivity index (χ2n) is 5.93. The molecule has 0 aromatic heterocycles. The molecule has 1 atom stereocenters. The first-order valence-corrected chi connectivity index (χ1v) is 8.63. The largest absolute Gasteiger partial charge is 0.494 e. The molecule has 0 bridgehead atoms. The van der Waals surface area contributed by atoms with Crippen molar-refractivity contribution in [3.8, 4) is 5.75 Å². The highest BCUT2D eigenvalue weighted by atomic mass is 32.1. The van der Waals surface area contributed by atoms with Crippen LogP contribution in [0.2, 0.25) is 0 Å². The van der Waals surface area contributed by atoms with E-state index >= 15 is 0 Å². The molecule has 0 fully saturated rings. The van der Waals surface area contributed by atoms with Crippen molar-refractivity contribution in [1.82, 2.24) is 5.32 Å². The number of hydrogen-bond acceptors (Lipinski definition) is 2. The third-order valence-corrected chi connectivity index (χ3v) is 3.76. The maximum Gasteiger partial charge on any atom is 0.171 e. The van der Waals surface area contributed by atoms with E-state index in [2.05, 4.69) is 49.0 Å². The Morgan fingerprint density at radius 1 is 1.08 bits per heavy atom. The third kappa shape index (κ3) is 5.83. The maximum absolute atomic E-state index is 5.49. The number of quaternary nitrogens is 1. The lowest BCUT2D eigenvalue weighted by molar-refractivity contribution is -0.860. The molecule has 2 rings (SSSR count). The molecular formula is C19H26N3OS+. The molecule has 2 aromatic carbocycles. The van der Waals surface area contributed by atoms with E-state index in [1.165, 1.54) is 10.5 Å². The van der Waals surface area contributed by atoms with E-state index in [1.54, 1.807) is 0 Å². The highest BCUT2D eigenvalue weighted by Crippen LogP contribution is 2.16. The fourth-order valence-electron chi connectivity index (χ4n) is 2.47. The lowest BCUT2D eigenvalue weighted by Crippen LogP contribution is -3.06. The Balaban J connectivity index is 1.99. The number of hydrogen-bond donors (Lipinski definition) is 3. The zero-order valence-corrected chi connectivity index (χ0v) is 15.3. The Morgan fingerprint density at radius 2 is 1.75 bits per heavy atom. The van der Waals surface area contributed by atoms with Crippen LogP contribution < -0.4 is 20.3 Å². The van der Waals surface area contributed by atoms with Crippen LogP contribution in [-0.2, 0) is 0 Å². The molecule has 0 aliphatic heterocycles. The molecule has 2 aromatic rings. The first-order chi connectivity index (χ1) is 11.6. The van der Waals surface area contributed by atoms with E-state index in [1.807, 2.05) is 37.3 Å². The van der Waals surface area contributed by atoms with Crippen LogP contribution in [0.15, 0.2) is 54.6 Å². The van der Waals surface area contributed by atoms with E-state index in [0.29, 0.717) is 11.7 Å². The summed E-state index contributed by atoms with van der Waals surface area (Å²) in [6, 6.07) is 18.4. The summed E-state index contributed by atoms with van der Waals surface area (Å²) in [7, 11) is 4.28. The van der Waals surface area contributed by atoms with Crippen LogP contribution in [0.5, 0.6) is 5.75 Å². The van der Waals surface area contributed by atoms with Gasteiger partial charge in [-0.25, -0.2) is 0 Å². The highest BCUT2D eigenvalue weighted by molar-refractivity contribution is 7.80. The zero-order chi connectivity index (χ0) is 17.4. The molecule has 0 heterocycles. The normalized spacial score (nSPS) is 11.8. The van der Waals surface area contributed by atoms with Gasteiger partial charge < -0.3 is 20.3 Å². The van der Waals surface area contributed by atoms with Crippen molar-refractivity contribution in [3.63, 3.8) is 0 Å². The Kier molecular flexibility index (Phi) is 7.03. The second kappa shape index (κ2) is 9.25. The van der Waals surface area contributed by atoms with Crippen molar-refractivity contribution >= 4 is 23.0 Å². The number of likely N-dealkylation sites (N-methyl/N-ethyl adjacent to an activating group) is 1. The van der Waals surface area contributed by atoms with Crippen molar-refractivity contribution in [2.75, 3.05) is 32.6 Å². The minimum atomic E-state index is 0.166. The molecule has 0 radical (unpaired) electrons. The van der Waals surface area contributed by atoms with Crippen LogP contribution in [0.4, 0.5) is 5.69 Å². The summed E-state index contributed by atoms with van der Waals surface area (Å²) < 4.78 is 5.45. The van der Waals surface area contributed by atoms with Crippen molar-refractivity contribution in [3.05, 3.63) is 60.2 Å². The monoisotopic (exact) mass is 344 g/mol. The third-order valence-electron chi connectivity index (χ3n) is 3.54. The number of benzene rings is 2. The van der Waals surface area contributed by atoms with Gasteiger partial charge in [0.25, 0.3) is 0 Å². The van der Waals surface area contributed by atoms with E-state index in [9.17, 15) is 0 Å². The predicted molar refractivity (Wildman–Crippen MR) is 104 cm³/mol. The van der Waals surface area contributed by atoms with Crippen LogP contribution in [0.25, 0.3) is 0 Å². The first-order valence-electron chi connectivity index (χ1n) is 8.23. The summed E-state index contributed by atoms with van der Waals surface area (Å²) in [6.07, 6.45) is 0. The number of ether oxygens (including phenoxy) is 1. The lowest BCUT2D eigenvalue weighted by atomic mass is 10.1. The number of thiocarbonyl (C=S) groups is 1. The standard InChI is InChI=1S/C19H25N3OS/c1-4-23-17-12-10-16(11-13-17)20-19(24)21-18(14-22(2)3)15-8-6-5-7-9-15/h5-13,18H,4,14H2,1-3H3,(H2,20,21,24)/p+1/t18-/m1/s1. The first kappa shape index (κ1) is 18.2. The number of rotatable bonds is 7. The summed E-state index contributed by atoms with van der Waals surface area (Å²) in [5, 5.41) is 7.28. The zero-order valence-electron chi connectivity index (χ0n) is 14.5. The average molecular weight is 345 g/mol. The lowest BCUT2D eigenvalue weighted by Gasteiger charge is -2.22. The van der Waals surface area contributed by atoms with Gasteiger partial charge in [-0.1, -0.05) is 30.3 Å². The molecule has 0 saturated carbocycles. The van der Waals surface area contributed by atoms with Crippen LogP contribution in [0.1, 0.15) is 18.5 Å². The smallest absolute Gasteiger partial charge is 0.171 e. The van der Waals surface area contributed by atoms with Gasteiger partial charge >= 0.3 is 0 Å². The van der Waals surface area contributed by atoms with Gasteiger partial charge in [0.05, 0.1) is 20.7 Å². The summed E-state index contributed by atoms with van der Waals surface area (Å²) in [5.41, 5.74) is 2.18. The Bertz CT molecular complexity index is 629. The summed E-state index contributed by atoms with van der Waals surface area (Å²) >= 11 is 5.49. The topological polar surface area (TPSA) is 37.7 Å². The van der Waals surface area contributed by atoms with Gasteiger partial charge in [0.15, 0.2) is 5.11 Å². The molecule has 24 heavy (non-hydrogen) atoms. The Labute approximate surface area is 149 Å². The Morgan fingerprint density at radius 3 is 2.33 bits per heavy atom. The summed E-state index contributed by atoms with van der Waals surface area (Å²) in [5.74, 6) is 0.861. The molecule has 0 spiro atoms. The van der Waals surface area contributed by atoms with Gasteiger partial charge in [-0.15, -0.1) is 0 Å². The molecule has 0 saturated heterocycles. The molecule has 3 N–H and O–H groups in total. The minimum Gasteiger partial charge on any atom is -0.494 e. The molecule has 0 unspecified atom stereocenters. The minimum absolute atomic E-state index is 0.166. The second-order valence-corrected chi connectivity index (χ2v) is 6.34. The fourth-order valence-corrected chi connectivity index (χ4v) is 2.73. The molecule has 5 heteroatoms. The summed E-state index contributed by atoms with van der Waals surface area (Å²) in [4.78, 5) is 1.36. The highest BCUT2D eigenvalue weighted by Gasteiger charge is 2.15. The van der Waals surface area contributed by atoms with E-state index in [-0.39, 0.29) is 6.04 Å².